The minimum Gasteiger partial charge on any atom is -0.497 e. The highest BCUT2D eigenvalue weighted by atomic mass is 16.5. The summed E-state index contributed by atoms with van der Waals surface area (Å²) >= 11 is 0. The average molecular weight is 437 g/mol. The van der Waals surface area contributed by atoms with Crippen LogP contribution in [-0.2, 0) is 0 Å². The number of hydrogen-bond acceptors (Lipinski definition) is 6. The van der Waals surface area contributed by atoms with Gasteiger partial charge >= 0.3 is 6.03 Å². The molecule has 0 spiro atoms. The Kier molecular flexibility index (Phi) is 6.16. The summed E-state index contributed by atoms with van der Waals surface area (Å²) < 4.78 is 12.4. The number of piperazine rings is 1. The van der Waals surface area contributed by atoms with Gasteiger partial charge in [0.05, 0.1) is 31.3 Å². The van der Waals surface area contributed by atoms with Crippen molar-refractivity contribution in [1.82, 2.24) is 19.7 Å². The van der Waals surface area contributed by atoms with Crippen LogP contribution in [-0.4, -0.2) is 66.1 Å². The number of aryl methyl sites for hydroxylation is 1. The van der Waals surface area contributed by atoms with Gasteiger partial charge in [-0.05, 0) is 26.0 Å². The van der Waals surface area contributed by atoms with E-state index in [0.717, 1.165) is 36.0 Å². The second-order valence-corrected chi connectivity index (χ2v) is 7.62. The van der Waals surface area contributed by atoms with Crippen LogP contribution in [0.1, 0.15) is 11.4 Å². The summed E-state index contributed by atoms with van der Waals surface area (Å²) in [6.07, 6.45) is 1.76. The fourth-order valence-corrected chi connectivity index (χ4v) is 4.01. The lowest BCUT2D eigenvalue weighted by molar-refractivity contribution is 0.208. The Hall–Kier alpha value is -3.75. The van der Waals surface area contributed by atoms with Crippen LogP contribution in [0.5, 0.6) is 11.5 Å². The standard InChI is InChI=1S/C23H28N6O3/c1-16-22(17(2)29(26-16)21-7-5-6-8-24-21)27-9-11-28(12-10-27)23(30)25-18-13-19(31-3)15-20(14-18)32-4/h5-8,13-15H,9-12H2,1-4H3,(H,25,30). The van der Waals surface area contributed by atoms with E-state index in [9.17, 15) is 4.79 Å². The van der Waals surface area contributed by atoms with Gasteiger partial charge in [-0.3, -0.25) is 0 Å². The molecule has 1 aromatic carbocycles. The van der Waals surface area contributed by atoms with Crippen molar-refractivity contribution in [3.8, 4) is 17.3 Å². The van der Waals surface area contributed by atoms with Gasteiger partial charge in [0, 0.05) is 56.3 Å². The number of hydrogen-bond donors (Lipinski definition) is 1. The molecule has 1 N–H and O–H groups in total. The molecular weight excluding hydrogens is 408 g/mol. The number of pyridine rings is 1. The molecule has 4 rings (SSSR count). The lowest BCUT2D eigenvalue weighted by atomic mass is 10.2. The Morgan fingerprint density at radius 1 is 1.00 bits per heavy atom. The molecule has 2 amide bonds. The lowest BCUT2D eigenvalue weighted by Crippen LogP contribution is -2.50. The van der Waals surface area contributed by atoms with Gasteiger partial charge < -0.3 is 24.6 Å². The summed E-state index contributed by atoms with van der Waals surface area (Å²) in [6, 6.07) is 11.0. The molecule has 0 saturated carbocycles. The van der Waals surface area contributed by atoms with E-state index in [4.69, 9.17) is 14.6 Å². The van der Waals surface area contributed by atoms with Crippen LogP contribution in [0.4, 0.5) is 16.2 Å². The van der Waals surface area contributed by atoms with Gasteiger partial charge in [0.15, 0.2) is 5.82 Å². The predicted molar refractivity (Wildman–Crippen MR) is 123 cm³/mol. The number of carbonyl (C=O) groups is 1. The highest BCUT2D eigenvalue weighted by Gasteiger charge is 2.26. The van der Waals surface area contributed by atoms with Crippen LogP contribution in [0.3, 0.4) is 0 Å². The minimum atomic E-state index is -0.141. The SMILES string of the molecule is COc1cc(NC(=O)N2CCN(c3c(C)nn(-c4ccccn4)c3C)CC2)cc(OC)c1. The molecule has 168 valence electrons. The number of aromatic nitrogens is 3. The predicted octanol–water partition coefficient (Wildman–Crippen LogP) is 3.26. The summed E-state index contributed by atoms with van der Waals surface area (Å²) in [5.74, 6) is 2.05. The molecule has 0 radical (unpaired) electrons. The number of nitrogens with one attached hydrogen (secondary N) is 1. The number of anilines is 2. The molecular formula is C23H28N6O3. The molecule has 2 aromatic heterocycles. The molecule has 1 fully saturated rings. The molecule has 1 saturated heterocycles. The normalized spacial score (nSPS) is 13.8. The molecule has 9 heteroatoms. The van der Waals surface area contributed by atoms with Gasteiger partial charge in [-0.15, -0.1) is 0 Å². The largest absolute Gasteiger partial charge is 0.497 e. The molecule has 9 nitrogen and oxygen atoms in total. The van der Waals surface area contributed by atoms with Crippen LogP contribution in [0.15, 0.2) is 42.6 Å². The fourth-order valence-electron chi connectivity index (χ4n) is 4.01. The Bertz CT molecular complexity index is 1070. The minimum absolute atomic E-state index is 0.141. The summed E-state index contributed by atoms with van der Waals surface area (Å²) in [5.41, 5.74) is 3.74. The first-order chi connectivity index (χ1) is 15.5. The van der Waals surface area contributed by atoms with Crippen LogP contribution < -0.4 is 19.7 Å². The van der Waals surface area contributed by atoms with Gasteiger partial charge in [-0.1, -0.05) is 6.07 Å². The maximum absolute atomic E-state index is 12.8. The van der Waals surface area contributed by atoms with Gasteiger partial charge in [0.1, 0.15) is 11.5 Å². The van der Waals surface area contributed by atoms with Crippen LogP contribution in [0.2, 0.25) is 0 Å². The summed E-state index contributed by atoms with van der Waals surface area (Å²) in [5, 5.41) is 7.64. The number of ether oxygens (including phenoxy) is 2. The first kappa shape index (κ1) is 21.5. The number of carbonyl (C=O) groups excluding carboxylic acids is 1. The van der Waals surface area contributed by atoms with Crippen LogP contribution >= 0.6 is 0 Å². The summed E-state index contributed by atoms with van der Waals surface area (Å²) in [4.78, 5) is 21.3. The Morgan fingerprint density at radius 3 is 2.28 bits per heavy atom. The summed E-state index contributed by atoms with van der Waals surface area (Å²) in [6.45, 7) is 6.74. The zero-order valence-corrected chi connectivity index (χ0v) is 18.8. The third-order valence-electron chi connectivity index (χ3n) is 5.61. The maximum atomic E-state index is 12.8. The molecule has 1 aliphatic heterocycles. The van der Waals surface area contributed by atoms with E-state index in [1.54, 1.807) is 38.6 Å². The van der Waals surface area contributed by atoms with E-state index in [1.165, 1.54) is 0 Å². The van der Waals surface area contributed by atoms with E-state index in [1.807, 2.05) is 34.7 Å². The Labute approximate surface area is 187 Å². The Morgan fingerprint density at radius 2 is 1.69 bits per heavy atom. The van der Waals surface area contributed by atoms with Crippen LogP contribution in [0.25, 0.3) is 5.82 Å². The first-order valence-corrected chi connectivity index (χ1v) is 10.5. The molecule has 0 unspecified atom stereocenters. The molecule has 32 heavy (non-hydrogen) atoms. The number of benzene rings is 1. The number of urea groups is 1. The van der Waals surface area contributed by atoms with Gasteiger partial charge in [0.25, 0.3) is 0 Å². The quantitative estimate of drug-likeness (QED) is 0.661. The zero-order chi connectivity index (χ0) is 22.7. The fraction of sp³-hybridized carbons (Fsp3) is 0.348. The first-order valence-electron chi connectivity index (χ1n) is 10.5. The van der Waals surface area contributed by atoms with Gasteiger partial charge in [-0.2, -0.15) is 5.10 Å². The number of methoxy groups -OCH3 is 2. The van der Waals surface area contributed by atoms with E-state index in [-0.39, 0.29) is 6.03 Å². The monoisotopic (exact) mass is 436 g/mol. The zero-order valence-electron chi connectivity index (χ0n) is 18.8. The molecule has 3 heterocycles. The van der Waals surface area contributed by atoms with Crippen molar-refractivity contribution in [1.29, 1.82) is 0 Å². The average Bonchev–Trinajstić information content (AvgIpc) is 3.13. The maximum Gasteiger partial charge on any atom is 0.321 e. The van der Waals surface area contributed by atoms with Crippen molar-refractivity contribution < 1.29 is 14.3 Å². The molecule has 3 aromatic rings. The van der Waals surface area contributed by atoms with Crippen molar-refractivity contribution in [3.63, 3.8) is 0 Å². The summed E-state index contributed by atoms with van der Waals surface area (Å²) in [7, 11) is 3.17. The van der Waals surface area contributed by atoms with E-state index in [0.29, 0.717) is 30.3 Å². The number of nitrogens with zero attached hydrogens (tertiary/aromatic N) is 5. The number of amides is 2. The van der Waals surface area contributed by atoms with Gasteiger partial charge in [-0.25, -0.2) is 14.5 Å². The van der Waals surface area contributed by atoms with E-state index < -0.39 is 0 Å². The van der Waals surface area contributed by atoms with E-state index in [2.05, 4.69) is 22.1 Å². The van der Waals surface area contributed by atoms with Crippen LogP contribution in [0, 0.1) is 13.8 Å². The molecule has 0 bridgehead atoms. The third kappa shape index (κ3) is 4.32. The second-order valence-electron chi connectivity index (χ2n) is 7.62. The van der Waals surface area contributed by atoms with Crippen molar-refractivity contribution >= 4 is 17.4 Å². The van der Waals surface area contributed by atoms with Gasteiger partial charge in [0.2, 0.25) is 0 Å². The van der Waals surface area contributed by atoms with Crippen molar-refractivity contribution in [2.75, 3.05) is 50.6 Å². The third-order valence-corrected chi connectivity index (χ3v) is 5.61. The molecule has 1 aliphatic rings. The highest BCUT2D eigenvalue weighted by Crippen LogP contribution is 2.28. The Balaban J connectivity index is 1.43. The van der Waals surface area contributed by atoms with E-state index >= 15 is 0 Å². The molecule has 0 atom stereocenters. The highest BCUT2D eigenvalue weighted by molar-refractivity contribution is 5.90. The van der Waals surface area contributed by atoms with Crippen molar-refractivity contribution in [2.24, 2.45) is 0 Å². The van der Waals surface area contributed by atoms with Crippen molar-refractivity contribution in [3.05, 3.63) is 54.0 Å². The topological polar surface area (TPSA) is 84.8 Å². The molecule has 0 aliphatic carbocycles. The lowest BCUT2D eigenvalue weighted by Gasteiger charge is -2.36. The second kappa shape index (κ2) is 9.17. The van der Waals surface area contributed by atoms with Crippen molar-refractivity contribution in [2.45, 2.75) is 13.8 Å². The number of rotatable bonds is 5. The smallest absolute Gasteiger partial charge is 0.321 e.